The summed E-state index contributed by atoms with van der Waals surface area (Å²) in [4.78, 5) is 13.0. The normalized spacial score (nSPS) is 22.8. The van der Waals surface area contributed by atoms with Crippen molar-refractivity contribution in [3.05, 3.63) is 35.0 Å². The molecule has 8 nitrogen and oxygen atoms in total. The zero-order valence-electron chi connectivity index (χ0n) is 14.5. The summed E-state index contributed by atoms with van der Waals surface area (Å²) in [6, 6.07) is 5.32. The van der Waals surface area contributed by atoms with Crippen LogP contribution in [0.25, 0.3) is 0 Å². The molecular weight excluding hydrogens is 336 g/mol. The number of carbonyl (C=O) groups excluding carboxylic acids is 1. The molecule has 134 valence electrons. The van der Waals surface area contributed by atoms with Crippen LogP contribution < -0.4 is 20.1 Å². The lowest BCUT2D eigenvalue weighted by Crippen LogP contribution is -2.31. The molecule has 26 heavy (non-hydrogen) atoms. The number of nitrogens with zero attached hydrogens (tertiary/aromatic N) is 2. The Morgan fingerprint density at radius 2 is 1.92 bits per heavy atom. The average Bonchev–Trinajstić information content (AvgIpc) is 3.18. The molecular formula is C18H18N4O4. The first kappa shape index (κ1) is 15.2. The van der Waals surface area contributed by atoms with E-state index in [-0.39, 0.29) is 24.0 Å². The highest BCUT2D eigenvalue weighted by molar-refractivity contribution is 6.00. The number of hydrogen-bond donors (Lipinski definition) is 2. The van der Waals surface area contributed by atoms with E-state index in [2.05, 4.69) is 34.8 Å². The van der Waals surface area contributed by atoms with E-state index in [1.807, 2.05) is 18.2 Å². The monoisotopic (exact) mass is 354 g/mol. The molecule has 0 saturated carbocycles. The number of fused-ring (bicyclic) bond motifs is 2. The SMILES string of the molecule is CC1(C)CC(=O)C2=C(C1)Nc1nonc1N[C@@H]2c1ccc2c(c1)OCO2. The molecule has 0 amide bonds. The highest BCUT2D eigenvalue weighted by Gasteiger charge is 2.40. The van der Waals surface area contributed by atoms with Gasteiger partial charge in [-0.1, -0.05) is 19.9 Å². The fraction of sp³-hybridized carbons (Fsp3) is 0.389. The van der Waals surface area contributed by atoms with Gasteiger partial charge >= 0.3 is 0 Å². The minimum absolute atomic E-state index is 0.112. The lowest BCUT2D eigenvalue weighted by Gasteiger charge is -2.34. The zero-order chi connectivity index (χ0) is 17.9. The summed E-state index contributed by atoms with van der Waals surface area (Å²) in [6.07, 6.45) is 1.23. The molecule has 5 rings (SSSR count). The number of benzene rings is 1. The van der Waals surface area contributed by atoms with Gasteiger partial charge in [0, 0.05) is 17.7 Å². The van der Waals surface area contributed by atoms with Crippen LogP contribution in [-0.4, -0.2) is 22.9 Å². The minimum Gasteiger partial charge on any atom is -0.454 e. The van der Waals surface area contributed by atoms with Gasteiger partial charge in [0.15, 0.2) is 17.3 Å². The van der Waals surface area contributed by atoms with E-state index in [0.717, 1.165) is 17.7 Å². The highest BCUT2D eigenvalue weighted by Crippen LogP contribution is 2.46. The Bertz CT molecular complexity index is 946. The zero-order valence-corrected chi connectivity index (χ0v) is 14.5. The number of carbonyl (C=O) groups is 1. The van der Waals surface area contributed by atoms with Gasteiger partial charge < -0.3 is 20.1 Å². The third-order valence-electron chi connectivity index (χ3n) is 4.98. The number of rotatable bonds is 1. The van der Waals surface area contributed by atoms with Gasteiger partial charge in [-0.05, 0) is 39.8 Å². The van der Waals surface area contributed by atoms with Crippen LogP contribution in [0.5, 0.6) is 11.5 Å². The van der Waals surface area contributed by atoms with E-state index >= 15 is 0 Å². The van der Waals surface area contributed by atoms with Crippen molar-refractivity contribution in [2.24, 2.45) is 5.41 Å². The van der Waals surface area contributed by atoms with Crippen LogP contribution in [0.1, 0.15) is 38.3 Å². The van der Waals surface area contributed by atoms with Gasteiger partial charge in [-0.15, -0.1) is 0 Å². The Balaban J connectivity index is 1.65. The van der Waals surface area contributed by atoms with Crippen LogP contribution in [0.15, 0.2) is 34.1 Å². The molecule has 0 radical (unpaired) electrons. The molecule has 0 fully saturated rings. The number of nitrogens with one attached hydrogen (secondary N) is 2. The second kappa shape index (κ2) is 5.23. The van der Waals surface area contributed by atoms with Crippen LogP contribution in [0.2, 0.25) is 0 Å². The van der Waals surface area contributed by atoms with Crippen molar-refractivity contribution in [3.8, 4) is 11.5 Å². The largest absolute Gasteiger partial charge is 0.454 e. The Hall–Kier alpha value is -3.03. The first-order valence-electron chi connectivity index (χ1n) is 8.52. The number of anilines is 2. The van der Waals surface area contributed by atoms with E-state index in [0.29, 0.717) is 35.1 Å². The summed E-state index contributed by atoms with van der Waals surface area (Å²) >= 11 is 0. The lowest BCUT2D eigenvalue weighted by atomic mass is 9.73. The number of ether oxygens (including phenoxy) is 2. The van der Waals surface area contributed by atoms with Crippen molar-refractivity contribution in [1.82, 2.24) is 10.3 Å². The summed E-state index contributed by atoms with van der Waals surface area (Å²) in [5, 5.41) is 14.4. The maximum Gasteiger partial charge on any atom is 0.231 e. The van der Waals surface area contributed by atoms with Crippen molar-refractivity contribution in [2.45, 2.75) is 32.7 Å². The summed E-state index contributed by atoms with van der Waals surface area (Å²) in [7, 11) is 0. The number of Topliss-reactive ketones (excluding diaryl/α,β-unsaturated/α-hetero) is 1. The second-order valence-electron chi connectivity index (χ2n) is 7.61. The van der Waals surface area contributed by atoms with Gasteiger partial charge in [-0.2, -0.15) is 0 Å². The van der Waals surface area contributed by atoms with Gasteiger partial charge in [0.25, 0.3) is 0 Å². The van der Waals surface area contributed by atoms with Gasteiger partial charge in [-0.25, -0.2) is 4.63 Å². The Morgan fingerprint density at radius 1 is 1.12 bits per heavy atom. The fourth-order valence-electron chi connectivity index (χ4n) is 3.84. The molecule has 1 aromatic heterocycles. The van der Waals surface area contributed by atoms with Crippen LogP contribution in [0.4, 0.5) is 11.6 Å². The summed E-state index contributed by atoms with van der Waals surface area (Å²) < 4.78 is 15.8. The molecule has 1 atom stereocenters. The number of allylic oxidation sites excluding steroid dienone is 1. The Morgan fingerprint density at radius 3 is 2.81 bits per heavy atom. The van der Waals surface area contributed by atoms with Crippen LogP contribution >= 0.6 is 0 Å². The van der Waals surface area contributed by atoms with E-state index in [1.54, 1.807) is 0 Å². The minimum atomic E-state index is -0.372. The fourth-order valence-corrected chi connectivity index (χ4v) is 3.84. The molecule has 2 aliphatic heterocycles. The van der Waals surface area contributed by atoms with Crippen molar-refractivity contribution >= 4 is 17.4 Å². The smallest absolute Gasteiger partial charge is 0.231 e. The van der Waals surface area contributed by atoms with E-state index in [1.165, 1.54) is 0 Å². The van der Waals surface area contributed by atoms with Crippen molar-refractivity contribution in [1.29, 1.82) is 0 Å². The Kier molecular flexibility index (Phi) is 3.07. The molecule has 0 bridgehead atoms. The lowest BCUT2D eigenvalue weighted by molar-refractivity contribution is -0.118. The first-order valence-corrected chi connectivity index (χ1v) is 8.52. The summed E-state index contributed by atoms with van der Waals surface area (Å²) in [5.74, 6) is 2.46. The molecule has 8 heteroatoms. The summed E-state index contributed by atoms with van der Waals surface area (Å²) in [5.41, 5.74) is 2.34. The topological polar surface area (TPSA) is 98.5 Å². The molecule has 2 aromatic rings. The van der Waals surface area contributed by atoms with E-state index in [9.17, 15) is 4.79 Å². The maximum atomic E-state index is 13.0. The van der Waals surface area contributed by atoms with Crippen molar-refractivity contribution in [2.75, 3.05) is 17.4 Å². The quantitative estimate of drug-likeness (QED) is 0.806. The van der Waals surface area contributed by atoms with Crippen LogP contribution in [0.3, 0.4) is 0 Å². The molecule has 0 saturated heterocycles. The van der Waals surface area contributed by atoms with Crippen molar-refractivity contribution in [3.63, 3.8) is 0 Å². The van der Waals surface area contributed by atoms with Crippen LogP contribution in [-0.2, 0) is 4.79 Å². The summed E-state index contributed by atoms with van der Waals surface area (Å²) in [6.45, 7) is 4.38. The number of ketones is 1. The van der Waals surface area contributed by atoms with Crippen molar-refractivity contribution < 1.29 is 18.9 Å². The van der Waals surface area contributed by atoms with E-state index in [4.69, 9.17) is 14.1 Å². The second-order valence-corrected chi connectivity index (χ2v) is 7.61. The predicted molar refractivity (Wildman–Crippen MR) is 91.9 cm³/mol. The molecule has 3 aliphatic rings. The molecule has 1 aromatic carbocycles. The third-order valence-corrected chi connectivity index (χ3v) is 4.98. The predicted octanol–water partition coefficient (Wildman–Crippen LogP) is 3.02. The Labute approximate surface area is 149 Å². The van der Waals surface area contributed by atoms with Gasteiger partial charge in [-0.3, -0.25) is 4.79 Å². The average molecular weight is 354 g/mol. The number of aromatic nitrogens is 2. The highest BCUT2D eigenvalue weighted by atomic mass is 16.7. The molecule has 3 heterocycles. The van der Waals surface area contributed by atoms with Crippen LogP contribution in [0, 0.1) is 5.41 Å². The maximum absolute atomic E-state index is 13.0. The third kappa shape index (κ3) is 2.33. The molecule has 0 unspecified atom stereocenters. The van der Waals surface area contributed by atoms with Gasteiger partial charge in [0.05, 0.1) is 6.04 Å². The molecule has 1 aliphatic carbocycles. The first-order chi connectivity index (χ1) is 12.5. The van der Waals surface area contributed by atoms with E-state index < -0.39 is 0 Å². The van der Waals surface area contributed by atoms with Gasteiger partial charge in [0.1, 0.15) is 0 Å². The standard InChI is InChI=1S/C18H18N4O4/c1-18(2)6-10-14(11(23)7-18)15(20-17-16(19-10)21-26-22-17)9-3-4-12-13(5-9)25-8-24-12/h3-5,15H,6-8H2,1-2H3,(H,19,21)(H,20,22)/t15-/m1/s1. The molecule has 0 spiro atoms. The number of hydrogen-bond acceptors (Lipinski definition) is 8. The van der Waals surface area contributed by atoms with Gasteiger partial charge in [0.2, 0.25) is 18.4 Å². The molecule has 2 N–H and O–H groups in total.